The van der Waals surface area contributed by atoms with Crippen LogP contribution in [0.3, 0.4) is 0 Å². The lowest BCUT2D eigenvalue weighted by Crippen LogP contribution is -1.99. The van der Waals surface area contributed by atoms with Crippen molar-refractivity contribution in [2.45, 2.75) is 30.6 Å². The number of carbonyl (C=O) groups excluding carboxylic acids is 1. The second-order valence-corrected chi connectivity index (χ2v) is 6.32. The summed E-state index contributed by atoms with van der Waals surface area (Å²) in [6, 6.07) is 5.41. The van der Waals surface area contributed by atoms with E-state index in [1.54, 1.807) is 6.07 Å². The van der Waals surface area contributed by atoms with Crippen LogP contribution in [0.4, 0.5) is 0 Å². The molecule has 0 aromatic heterocycles. The molecule has 1 heterocycles. The predicted octanol–water partition coefficient (Wildman–Crippen LogP) is 1.71. The third kappa shape index (κ3) is 1.89. The standard InChI is InChI=1S/C12H14O3S/c1-9(4-6-13)10-2-3-12-11(8-10)5-7-16(12,14)15/h2-3,6,8-9H,4-5,7H2,1H3. The molecule has 1 aromatic rings. The smallest absolute Gasteiger partial charge is 0.178 e. The van der Waals surface area contributed by atoms with Crippen molar-refractivity contribution >= 4 is 16.1 Å². The van der Waals surface area contributed by atoms with E-state index in [-0.39, 0.29) is 11.7 Å². The Balaban J connectivity index is 2.39. The maximum Gasteiger partial charge on any atom is 0.178 e. The van der Waals surface area contributed by atoms with Gasteiger partial charge in [0.2, 0.25) is 0 Å². The molecular weight excluding hydrogens is 224 g/mol. The highest BCUT2D eigenvalue weighted by Crippen LogP contribution is 2.29. The molecule has 1 atom stereocenters. The molecule has 1 aliphatic rings. The number of rotatable bonds is 3. The number of aldehydes is 1. The topological polar surface area (TPSA) is 51.2 Å². The van der Waals surface area contributed by atoms with Gasteiger partial charge < -0.3 is 4.79 Å². The normalized spacial score (nSPS) is 19.1. The largest absolute Gasteiger partial charge is 0.303 e. The molecule has 0 radical (unpaired) electrons. The molecule has 0 fully saturated rings. The highest BCUT2D eigenvalue weighted by atomic mass is 32.2. The van der Waals surface area contributed by atoms with Crippen LogP contribution in [0.5, 0.6) is 0 Å². The molecule has 0 saturated heterocycles. The van der Waals surface area contributed by atoms with Crippen LogP contribution < -0.4 is 0 Å². The molecule has 0 spiro atoms. The first kappa shape index (κ1) is 11.3. The summed E-state index contributed by atoms with van der Waals surface area (Å²) in [6.45, 7) is 1.97. The first-order chi connectivity index (χ1) is 7.54. The third-order valence-corrected chi connectivity index (χ3v) is 4.89. The van der Waals surface area contributed by atoms with Crippen LogP contribution in [0.25, 0.3) is 0 Å². The van der Waals surface area contributed by atoms with Gasteiger partial charge in [0, 0.05) is 6.42 Å². The van der Waals surface area contributed by atoms with Gasteiger partial charge in [0.25, 0.3) is 0 Å². The minimum atomic E-state index is -3.03. The Morgan fingerprint density at radius 3 is 2.88 bits per heavy atom. The lowest BCUT2D eigenvalue weighted by molar-refractivity contribution is -0.108. The Morgan fingerprint density at radius 1 is 1.44 bits per heavy atom. The summed E-state index contributed by atoms with van der Waals surface area (Å²) < 4.78 is 23.2. The Morgan fingerprint density at radius 2 is 2.19 bits per heavy atom. The molecule has 0 saturated carbocycles. The fourth-order valence-corrected chi connectivity index (χ4v) is 3.58. The summed E-state index contributed by atoms with van der Waals surface area (Å²) in [7, 11) is -3.03. The van der Waals surface area contributed by atoms with Crippen LogP contribution in [-0.4, -0.2) is 20.5 Å². The van der Waals surface area contributed by atoms with Gasteiger partial charge in [0.15, 0.2) is 9.84 Å². The van der Waals surface area contributed by atoms with Crippen molar-refractivity contribution in [2.24, 2.45) is 0 Å². The van der Waals surface area contributed by atoms with Crippen LogP contribution in [0.15, 0.2) is 23.1 Å². The maximum atomic E-state index is 11.6. The van der Waals surface area contributed by atoms with Gasteiger partial charge in [-0.15, -0.1) is 0 Å². The summed E-state index contributed by atoms with van der Waals surface area (Å²) in [4.78, 5) is 10.9. The molecule has 16 heavy (non-hydrogen) atoms. The molecule has 1 aliphatic heterocycles. The molecule has 86 valence electrons. The van der Waals surface area contributed by atoms with Crippen molar-refractivity contribution in [1.82, 2.24) is 0 Å². The van der Waals surface area contributed by atoms with Crippen LogP contribution in [0.2, 0.25) is 0 Å². The van der Waals surface area contributed by atoms with E-state index < -0.39 is 9.84 Å². The van der Waals surface area contributed by atoms with E-state index in [4.69, 9.17) is 0 Å². The van der Waals surface area contributed by atoms with Gasteiger partial charge in [-0.2, -0.15) is 0 Å². The molecule has 1 aromatic carbocycles. The Labute approximate surface area is 95.4 Å². The number of sulfone groups is 1. The van der Waals surface area contributed by atoms with Crippen molar-refractivity contribution in [1.29, 1.82) is 0 Å². The molecule has 0 amide bonds. The zero-order valence-electron chi connectivity index (χ0n) is 9.14. The molecule has 1 unspecified atom stereocenters. The minimum absolute atomic E-state index is 0.158. The van der Waals surface area contributed by atoms with E-state index in [0.717, 1.165) is 17.4 Å². The van der Waals surface area contributed by atoms with E-state index in [0.29, 0.717) is 17.7 Å². The summed E-state index contributed by atoms with van der Waals surface area (Å²) in [5, 5.41) is 0. The van der Waals surface area contributed by atoms with E-state index in [1.165, 1.54) is 0 Å². The van der Waals surface area contributed by atoms with Gasteiger partial charge in [-0.1, -0.05) is 19.1 Å². The number of carbonyl (C=O) groups is 1. The van der Waals surface area contributed by atoms with Crippen LogP contribution >= 0.6 is 0 Å². The van der Waals surface area contributed by atoms with Gasteiger partial charge in [0.05, 0.1) is 10.6 Å². The number of hydrogen-bond donors (Lipinski definition) is 0. The molecular formula is C12H14O3S. The molecule has 0 N–H and O–H groups in total. The Kier molecular flexibility index (Phi) is 2.84. The first-order valence-corrected chi connectivity index (χ1v) is 6.99. The lowest BCUT2D eigenvalue weighted by Gasteiger charge is -2.09. The number of hydrogen-bond acceptors (Lipinski definition) is 3. The zero-order valence-corrected chi connectivity index (χ0v) is 9.96. The van der Waals surface area contributed by atoms with Gasteiger partial charge in [-0.25, -0.2) is 8.42 Å². The highest BCUT2D eigenvalue weighted by molar-refractivity contribution is 7.91. The lowest BCUT2D eigenvalue weighted by atomic mass is 9.96. The Bertz CT molecular complexity index is 517. The highest BCUT2D eigenvalue weighted by Gasteiger charge is 2.26. The van der Waals surface area contributed by atoms with E-state index in [2.05, 4.69) is 0 Å². The van der Waals surface area contributed by atoms with E-state index in [9.17, 15) is 13.2 Å². The minimum Gasteiger partial charge on any atom is -0.303 e. The zero-order chi connectivity index (χ0) is 11.8. The second kappa shape index (κ2) is 4.01. The fraction of sp³-hybridized carbons (Fsp3) is 0.417. The molecule has 0 aliphatic carbocycles. The summed E-state index contributed by atoms with van der Waals surface area (Å²) in [5.41, 5.74) is 1.94. The molecule has 4 heteroatoms. The summed E-state index contributed by atoms with van der Waals surface area (Å²) >= 11 is 0. The fourth-order valence-electron chi connectivity index (χ4n) is 2.04. The van der Waals surface area contributed by atoms with Crippen molar-refractivity contribution < 1.29 is 13.2 Å². The third-order valence-electron chi connectivity index (χ3n) is 3.08. The monoisotopic (exact) mass is 238 g/mol. The van der Waals surface area contributed by atoms with E-state index in [1.807, 2.05) is 19.1 Å². The van der Waals surface area contributed by atoms with Crippen molar-refractivity contribution in [3.63, 3.8) is 0 Å². The Hall–Kier alpha value is -1.16. The van der Waals surface area contributed by atoms with Crippen molar-refractivity contribution in [3.8, 4) is 0 Å². The summed E-state index contributed by atoms with van der Waals surface area (Å²) in [6.07, 6.45) is 1.97. The first-order valence-electron chi connectivity index (χ1n) is 5.34. The molecule has 0 bridgehead atoms. The molecule has 2 rings (SSSR count). The maximum absolute atomic E-state index is 11.6. The number of benzene rings is 1. The quantitative estimate of drug-likeness (QED) is 0.753. The van der Waals surface area contributed by atoms with Gasteiger partial charge in [0.1, 0.15) is 6.29 Å². The average molecular weight is 238 g/mol. The van der Waals surface area contributed by atoms with Crippen molar-refractivity contribution in [2.75, 3.05) is 5.75 Å². The molecule has 3 nitrogen and oxygen atoms in total. The van der Waals surface area contributed by atoms with Crippen LogP contribution in [0, 0.1) is 0 Å². The second-order valence-electron chi connectivity index (χ2n) is 4.24. The van der Waals surface area contributed by atoms with Gasteiger partial charge in [-0.3, -0.25) is 0 Å². The van der Waals surface area contributed by atoms with Crippen LogP contribution in [-0.2, 0) is 21.1 Å². The predicted molar refractivity (Wildman–Crippen MR) is 61.3 cm³/mol. The summed E-state index contributed by atoms with van der Waals surface area (Å²) in [5.74, 6) is 0.375. The van der Waals surface area contributed by atoms with Crippen molar-refractivity contribution in [3.05, 3.63) is 29.3 Å². The van der Waals surface area contributed by atoms with Gasteiger partial charge in [-0.05, 0) is 29.5 Å². The van der Waals surface area contributed by atoms with Crippen LogP contribution in [0.1, 0.15) is 30.4 Å². The average Bonchev–Trinajstić information content (AvgIpc) is 2.55. The van der Waals surface area contributed by atoms with Gasteiger partial charge >= 0.3 is 0 Å². The number of fused-ring (bicyclic) bond motifs is 1. The van der Waals surface area contributed by atoms with E-state index >= 15 is 0 Å². The SMILES string of the molecule is CC(CC=O)c1ccc2c(c1)CCS2(=O)=O. The number of aryl methyl sites for hydroxylation is 1.